The van der Waals surface area contributed by atoms with E-state index < -0.39 is 39.1 Å². The predicted octanol–water partition coefficient (Wildman–Crippen LogP) is 3.04. The summed E-state index contributed by atoms with van der Waals surface area (Å²) in [6, 6.07) is 6.43. The van der Waals surface area contributed by atoms with Gasteiger partial charge >= 0.3 is 0 Å². The van der Waals surface area contributed by atoms with Crippen molar-refractivity contribution in [2.75, 3.05) is 11.3 Å². The first-order chi connectivity index (χ1) is 11.8. The average Bonchev–Trinajstić information content (AvgIpc) is 2.60. The van der Waals surface area contributed by atoms with Gasteiger partial charge < -0.3 is 5.32 Å². The molecule has 0 aromatic heterocycles. The number of carbonyl (C=O) groups excluding carboxylic acids is 1. The Morgan fingerprint density at radius 2 is 1.80 bits per heavy atom. The number of anilines is 1. The van der Waals surface area contributed by atoms with Gasteiger partial charge in [0, 0.05) is 12.1 Å². The molecule has 0 bridgehead atoms. The molecule has 134 valence electrons. The summed E-state index contributed by atoms with van der Waals surface area (Å²) in [4.78, 5) is 11.6. The molecule has 2 N–H and O–H groups in total. The van der Waals surface area contributed by atoms with E-state index in [1.54, 1.807) is 0 Å². The molecule has 2 aromatic carbocycles. The van der Waals surface area contributed by atoms with E-state index in [-0.39, 0.29) is 10.5 Å². The van der Waals surface area contributed by atoms with Crippen LogP contribution in [0.2, 0.25) is 0 Å². The van der Waals surface area contributed by atoms with Gasteiger partial charge in [-0.05, 0) is 36.8 Å². The highest BCUT2D eigenvalue weighted by atomic mass is 32.2. The van der Waals surface area contributed by atoms with Gasteiger partial charge in [-0.1, -0.05) is 13.0 Å². The number of sulfonamides is 1. The topological polar surface area (TPSA) is 75.3 Å². The first kappa shape index (κ1) is 18.8. The number of rotatable bonds is 6. The average molecular weight is 372 g/mol. The number of carbonyl (C=O) groups is 1. The Kier molecular flexibility index (Phi) is 5.68. The van der Waals surface area contributed by atoms with Crippen molar-refractivity contribution in [2.24, 2.45) is 0 Å². The normalized spacial score (nSPS) is 11.2. The minimum atomic E-state index is -4.30. The van der Waals surface area contributed by atoms with Crippen molar-refractivity contribution in [3.63, 3.8) is 0 Å². The van der Waals surface area contributed by atoms with Crippen LogP contribution in [0, 0.1) is 17.5 Å². The maximum absolute atomic E-state index is 13.6. The molecule has 0 heterocycles. The van der Waals surface area contributed by atoms with Gasteiger partial charge in [-0.3, -0.25) is 9.52 Å². The lowest BCUT2D eigenvalue weighted by Gasteiger charge is -2.11. The Bertz CT molecular complexity index is 901. The second-order valence-electron chi connectivity index (χ2n) is 5.11. The molecule has 0 saturated carbocycles. The van der Waals surface area contributed by atoms with Crippen molar-refractivity contribution in [1.29, 1.82) is 0 Å². The summed E-state index contributed by atoms with van der Waals surface area (Å²) in [5.74, 6) is -5.33. The molecule has 0 unspecified atom stereocenters. The zero-order chi connectivity index (χ0) is 18.6. The molecule has 9 heteroatoms. The van der Waals surface area contributed by atoms with Crippen LogP contribution in [0.1, 0.15) is 23.7 Å². The van der Waals surface area contributed by atoms with E-state index in [0.717, 1.165) is 12.1 Å². The minimum Gasteiger partial charge on any atom is -0.352 e. The van der Waals surface area contributed by atoms with E-state index in [9.17, 15) is 26.4 Å². The highest BCUT2D eigenvalue weighted by Crippen LogP contribution is 2.23. The first-order valence-electron chi connectivity index (χ1n) is 7.31. The molecule has 1 amide bonds. The zero-order valence-electron chi connectivity index (χ0n) is 13.1. The van der Waals surface area contributed by atoms with E-state index in [4.69, 9.17) is 0 Å². The standard InChI is InChI=1S/C16H15F3N2O3S/c1-2-8-20-16(22)10-4-3-5-11(9-10)25(23,24)21-13-7-6-12(17)14(18)15(13)19/h3-7,9,21H,2,8H2,1H3,(H,20,22). The van der Waals surface area contributed by atoms with Crippen LogP contribution in [-0.4, -0.2) is 20.9 Å². The molecule has 2 rings (SSSR count). The van der Waals surface area contributed by atoms with Crippen LogP contribution in [0.5, 0.6) is 0 Å². The first-order valence-corrected chi connectivity index (χ1v) is 8.79. The van der Waals surface area contributed by atoms with Gasteiger partial charge in [0.05, 0.1) is 10.6 Å². The van der Waals surface area contributed by atoms with Crippen LogP contribution in [0.3, 0.4) is 0 Å². The molecule has 0 saturated heterocycles. The summed E-state index contributed by atoms with van der Waals surface area (Å²) in [6.07, 6.45) is 0.709. The third kappa shape index (κ3) is 4.30. The molecule has 0 fully saturated rings. The van der Waals surface area contributed by atoms with Crippen molar-refractivity contribution in [1.82, 2.24) is 5.32 Å². The summed E-state index contributed by atoms with van der Waals surface area (Å²) in [5, 5.41) is 2.59. The highest BCUT2D eigenvalue weighted by Gasteiger charge is 2.21. The summed E-state index contributed by atoms with van der Waals surface area (Å²) in [6.45, 7) is 2.29. The fourth-order valence-corrected chi connectivity index (χ4v) is 3.06. The predicted molar refractivity (Wildman–Crippen MR) is 86.2 cm³/mol. The number of hydrogen-bond donors (Lipinski definition) is 2. The van der Waals surface area contributed by atoms with Crippen LogP contribution in [0.4, 0.5) is 18.9 Å². The number of halogens is 3. The van der Waals surface area contributed by atoms with E-state index in [1.807, 2.05) is 11.6 Å². The molecule has 0 aliphatic heterocycles. The molecular formula is C16H15F3N2O3S. The second kappa shape index (κ2) is 7.56. The quantitative estimate of drug-likeness (QED) is 0.766. The number of nitrogens with one attached hydrogen (secondary N) is 2. The summed E-state index contributed by atoms with van der Waals surface area (Å²) >= 11 is 0. The van der Waals surface area contributed by atoms with Crippen LogP contribution in [-0.2, 0) is 10.0 Å². The molecule has 5 nitrogen and oxygen atoms in total. The molecule has 0 radical (unpaired) electrons. The lowest BCUT2D eigenvalue weighted by atomic mass is 10.2. The number of benzene rings is 2. The van der Waals surface area contributed by atoms with Crippen LogP contribution in [0.15, 0.2) is 41.3 Å². The van der Waals surface area contributed by atoms with Crippen LogP contribution >= 0.6 is 0 Å². The third-order valence-corrected chi connectivity index (χ3v) is 4.58. The summed E-state index contributed by atoms with van der Waals surface area (Å²) in [5.41, 5.74) is -0.637. The number of amides is 1. The van der Waals surface area contributed by atoms with Crippen molar-refractivity contribution in [3.05, 3.63) is 59.4 Å². The van der Waals surface area contributed by atoms with E-state index in [2.05, 4.69) is 5.32 Å². The third-order valence-electron chi connectivity index (χ3n) is 3.22. The molecule has 0 atom stereocenters. The monoisotopic (exact) mass is 372 g/mol. The lowest BCUT2D eigenvalue weighted by Crippen LogP contribution is -2.24. The van der Waals surface area contributed by atoms with E-state index >= 15 is 0 Å². The van der Waals surface area contributed by atoms with Crippen molar-refractivity contribution < 1.29 is 26.4 Å². The fraction of sp³-hybridized carbons (Fsp3) is 0.188. The SMILES string of the molecule is CCCNC(=O)c1cccc(S(=O)(=O)Nc2ccc(F)c(F)c2F)c1. The highest BCUT2D eigenvalue weighted by molar-refractivity contribution is 7.92. The Labute approximate surface area is 142 Å². The van der Waals surface area contributed by atoms with Gasteiger partial charge in [0.1, 0.15) is 0 Å². The molecular weight excluding hydrogens is 357 g/mol. The van der Waals surface area contributed by atoms with Gasteiger partial charge in [-0.2, -0.15) is 0 Å². The summed E-state index contributed by atoms with van der Waals surface area (Å²) < 4.78 is 66.3. The van der Waals surface area contributed by atoms with Crippen molar-refractivity contribution >= 4 is 21.6 Å². The van der Waals surface area contributed by atoms with Crippen LogP contribution < -0.4 is 10.0 Å². The zero-order valence-corrected chi connectivity index (χ0v) is 14.0. The Morgan fingerprint density at radius 1 is 1.08 bits per heavy atom. The van der Waals surface area contributed by atoms with E-state index in [0.29, 0.717) is 19.0 Å². The maximum Gasteiger partial charge on any atom is 0.262 e. The van der Waals surface area contributed by atoms with Gasteiger partial charge in [0.15, 0.2) is 17.5 Å². The second-order valence-corrected chi connectivity index (χ2v) is 6.79. The fourth-order valence-electron chi connectivity index (χ4n) is 1.95. The smallest absolute Gasteiger partial charge is 0.262 e. The molecule has 0 aliphatic rings. The molecule has 2 aromatic rings. The lowest BCUT2D eigenvalue weighted by molar-refractivity contribution is 0.0953. The summed E-state index contributed by atoms with van der Waals surface area (Å²) in [7, 11) is -4.30. The molecule has 0 aliphatic carbocycles. The van der Waals surface area contributed by atoms with Crippen LogP contribution in [0.25, 0.3) is 0 Å². The van der Waals surface area contributed by atoms with Gasteiger partial charge in [-0.25, -0.2) is 21.6 Å². The molecule has 0 spiro atoms. The van der Waals surface area contributed by atoms with Crippen molar-refractivity contribution in [3.8, 4) is 0 Å². The Morgan fingerprint density at radius 3 is 2.48 bits per heavy atom. The molecule has 25 heavy (non-hydrogen) atoms. The van der Waals surface area contributed by atoms with Gasteiger partial charge in [0.25, 0.3) is 15.9 Å². The minimum absolute atomic E-state index is 0.0992. The maximum atomic E-state index is 13.6. The largest absolute Gasteiger partial charge is 0.352 e. The Hall–Kier alpha value is -2.55. The van der Waals surface area contributed by atoms with E-state index in [1.165, 1.54) is 18.2 Å². The van der Waals surface area contributed by atoms with Crippen molar-refractivity contribution in [2.45, 2.75) is 18.2 Å². The van der Waals surface area contributed by atoms with Gasteiger partial charge in [-0.15, -0.1) is 0 Å². The van der Waals surface area contributed by atoms with Gasteiger partial charge in [0.2, 0.25) is 0 Å². The Balaban J connectivity index is 2.31. The number of hydrogen-bond acceptors (Lipinski definition) is 3.